The number of pyridine rings is 1. The van der Waals surface area contributed by atoms with E-state index in [1.165, 1.54) is 19.2 Å². The van der Waals surface area contributed by atoms with Crippen LogP contribution in [0.2, 0.25) is 5.02 Å². The Balaban J connectivity index is 2.67. The summed E-state index contributed by atoms with van der Waals surface area (Å²) in [6, 6.07) is 1.43. The van der Waals surface area contributed by atoms with Gasteiger partial charge in [-0.1, -0.05) is 18.5 Å². The fraction of sp³-hybridized carbons (Fsp3) is 0.417. The molecule has 7 heteroatoms. The lowest BCUT2D eigenvalue weighted by atomic mass is 10.2. The zero-order valence-electron chi connectivity index (χ0n) is 10.6. The molecule has 1 unspecified atom stereocenters. The summed E-state index contributed by atoms with van der Waals surface area (Å²) in [6.45, 7) is 3.77. The number of nitrogens with zero attached hydrogens (tertiary/aromatic N) is 1. The van der Waals surface area contributed by atoms with E-state index < -0.39 is 17.8 Å². The Morgan fingerprint density at radius 3 is 2.79 bits per heavy atom. The van der Waals surface area contributed by atoms with Gasteiger partial charge in [0.25, 0.3) is 5.91 Å². The van der Waals surface area contributed by atoms with E-state index in [0.29, 0.717) is 6.61 Å². The number of hydrogen-bond donors (Lipinski definition) is 2. The van der Waals surface area contributed by atoms with Gasteiger partial charge in [0.15, 0.2) is 0 Å². The van der Waals surface area contributed by atoms with E-state index in [2.05, 4.69) is 10.3 Å². The second-order valence-corrected chi connectivity index (χ2v) is 4.30. The molecule has 19 heavy (non-hydrogen) atoms. The lowest BCUT2D eigenvalue weighted by Gasteiger charge is -2.09. The van der Waals surface area contributed by atoms with Gasteiger partial charge >= 0.3 is 5.97 Å². The Morgan fingerprint density at radius 2 is 2.26 bits per heavy atom. The van der Waals surface area contributed by atoms with Crippen molar-refractivity contribution in [1.82, 2.24) is 10.3 Å². The summed E-state index contributed by atoms with van der Waals surface area (Å²) in [5, 5.41) is 11.4. The molecular formula is C12H15ClN2O4. The number of carbonyl (C=O) groups excluding carboxylic acids is 1. The molecule has 2 N–H and O–H groups in total. The van der Waals surface area contributed by atoms with Crippen LogP contribution in [0.3, 0.4) is 0 Å². The maximum Gasteiger partial charge on any atom is 0.308 e. The molecule has 0 aliphatic heterocycles. The van der Waals surface area contributed by atoms with Crippen LogP contribution in [0.15, 0.2) is 12.3 Å². The molecule has 0 saturated heterocycles. The molecule has 1 aromatic heterocycles. The average molecular weight is 287 g/mol. The molecule has 0 bridgehead atoms. The highest BCUT2D eigenvalue weighted by Gasteiger charge is 2.14. The third kappa shape index (κ3) is 4.40. The van der Waals surface area contributed by atoms with E-state index in [0.717, 1.165) is 0 Å². The average Bonchev–Trinajstić information content (AvgIpc) is 2.37. The van der Waals surface area contributed by atoms with Gasteiger partial charge in [-0.3, -0.25) is 9.59 Å². The van der Waals surface area contributed by atoms with Crippen molar-refractivity contribution >= 4 is 23.5 Å². The van der Waals surface area contributed by atoms with Crippen LogP contribution in [-0.4, -0.2) is 35.1 Å². The largest absolute Gasteiger partial charge is 0.481 e. The smallest absolute Gasteiger partial charge is 0.308 e. The highest BCUT2D eigenvalue weighted by molar-refractivity contribution is 6.32. The molecule has 1 amide bonds. The van der Waals surface area contributed by atoms with Crippen LogP contribution in [-0.2, 0) is 4.79 Å². The van der Waals surface area contributed by atoms with Gasteiger partial charge in [0.2, 0.25) is 5.88 Å². The first-order chi connectivity index (χ1) is 8.95. The number of aliphatic carboxylic acids is 1. The van der Waals surface area contributed by atoms with E-state index in [1.807, 2.05) is 0 Å². The molecule has 1 aromatic rings. The maximum atomic E-state index is 11.7. The number of halogens is 1. The zero-order valence-corrected chi connectivity index (χ0v) is 11.4. The van der Waals surface area contributed by atoms with Crippen molar-refractivity contribution in [2.24, 2.45) is 5.92 Å². The number of ether oxygens (including phenoxy) is 1. The third-order valence-corrected chi connectivity index (χ3v) is 2.61. The molecule has 1 atom stereocenters. The van der Waals surface area contributed by atoms with Crippen molar-refractivity contribution in [2.75, 3.05) is 13.2 Å². The minimum Gasteiger partial charge on any atom is -0.481 e. The minimum absolute atomic E-state index is 0.0407. The van der Waals surface area contributed by atoms with Gasteiger partial charge in [-0.25, -0.2) is 4.98 Å². The molecule has 1 heterocycles. The number of carbonyl (C=O) groups is 2. The highest BCUT2D eigenvalue weighted by atomic mass is 35.5. The van der Waals surface area contributed by atoms with Crippen molar-refractivity contribution in [1.29, 1.82) is 0 Å². The molecule has 0 aliphatic carbocycles. The van der Waals surface area contributed by atoms with Crippen LogP contribution in [0.4, 0.5) is 0 Å². The Kier molecular flexibility index (Phi) is 5.57. The second kappa shape index (κ2) is 6.94. The van der Waals surface area contributed by atoms with Crippen LogP contribution in [0.1, 0.15) is 24.2 Å². The molecule has 0 fully saturated rings. The lowest BCUT2D eigenvalue weighted by molar-refractivity contribution is -0.140. The molecular weight excluding hydrogens is 272 g/mol. The zero-order chi connectivity index (χ0) is 14.4. The maximum absolute atomic E-state index is 11.7. The van der Waals surface area contributed by atoms with Gasteiger partial charge in [0.1, 0.15) is 5.02 Å². The monoisotopic (exact) mass is 286 g/mol. The molecule has 0 radical (unpaired) electrons. The molecule has 6 nitrogen and oxygen atoms in total. The molecule has 0 aliphatic rings. The number of nitrogens with one attached hydrogen (secondary N) is 1. The fourth-order valence-corrected chi connectivity index (χ4v) is 1.45. The number of aromatic nitrogens is 1. The van der Waals surface area contributed by atoms with Crippen LogP contribution in [0.5, 0.6) is 5.88 Å². The second-order valence-electron chi connectivity index (χ2n) is 3.89. The van der Waals surface area contributed by atoms with Crippen LogP contribution in [0.25, 0.3) is 0 Å². The van der Waals surface area contributed by atoms with Crippen LogP contribution < -0.4 is 10.1 Å². The molecule has 1 rings (SSSR count). The number of carboxylic acids is 1. The van der Waals surface area contributed by atoms with E-state index in [-0.39, 0.29) is 23.0 Å². The van der Waals surface area contributed by atoms with Gasteiger partial charge < -0.3 is 15.2 Å². The summed E-state index contributed by atoms with van der Waals surface area (Å²) in [4.78, 5) is 26.3. The van der Waals surface area contributed by atoms with Crippen LogP contribution >= 0.6 is 11.6 Å². The summed E-state index contributed by atoms with van der Waals surface area (Å²) in [5.74, 6) is -1.79. The van der Waals surface area contributed by atoms with Crippen LogP contribution in [0, 0.1) is 5.92 Å². The van der Waals surface area contributed by atoms with E-state index in [1.54, 1.807) is 6.92 Å². The summed E-state index contributed by atoms with van der Waals surface area (Å²) in [7, 11) is 0. The van der Waals surface area contributed by atoms with E-state index in [4.69, 9.17) is 21.4 Å². The predicted octanol–water partition coefficient (Wildman–Crippen LogP) is 1.58. The van der Waals surface area contributed by atoms with Gasteiger partial charge in [0.05, 0.1) is 18.1 Å². The first kappa shape index (κ1) is 15.2. The van der Waals surface area contributed by atoms with E-state index >= 15 is 0 Å². The Bertz CT molecular complexity index is 479. The summed E-state index contributed by atoms with van der Waals surface area (Å²) < 4.78 is 5.15. The molecule has 104 valence electrons. The van der Waals surface area contributed by atoms with E-state index in [9.17, 15) is 9.59 Å². The number of hydrogen-bond acceptors (Lipinski definition) is 4. The summed E-state index contributed by atoms with van der Waals surface area (Å²) >= 11 is 5.90. The van der Waals surface area contributed by atoms with Gasteiger partial charge in [-0.2, -0.15) is 0 Å². The lowest BCUT2D eigenvalue weighted by Crippen LogP contribution is -2.31. The molecule has 0 aromatic carbocycles. The molecule has 0 spiro atoms. The highest BCUT2D eigenvalue weighted by Crippen LogP contribution is 2.22. The van der Waals surface area contributed by atoms with Crippen molar-refractivity contribution in [3.8, 4) is 5.88 Å². The summed E-state index contributed by atoms with van der Waals surface area (Å²) in [6.07, 6.45) is 1.33. The standard InChI is InChI=1S/C12H15ClN2O4/c1-3-19-11-9(13)4-8(6-15-11)10(16)14-5-7(2)12(17)18/h4,6-7H,3,5H2,1-2H3,(H,14,16)(H,17,18). The van der Waals surface area contributed by atoms with Gasteiger partial charge in [0, 0.05) is 12.7 Å². The van der Waals surface area contributed by atoms with Crippen molar-refractivity contribution in [3.05, 3.63) is 22.8 Å². The predicted molar refractivity (Wildman–Crippen MR) is 69.5 cm³/mol. The summed E-state index contributed by atoms with van der Waals surface area (Å²) in [5.41, 5.74) is 0.256. The number of amides is 1. The topological polar surface area (TPSA) is 88.5 Å². The van der Waals surface area contributed by atoms with Gasteiger partial charge in [-0.05, 0) is 13.0 Å². The van der Waals surface area contributed by atoms with Crippen molar-refractivity contribution in [3.63, 3.8) is 0 Å². The third-order valence-electron chi connectivity index (χ3n) is 2.34. The SMILES string of the molecule is CCOc1ncc(C(=O)NCC(C)C(=O)O)cc1Cl. The van der Waals surface area contributed by atoms with Gasteiger partial charge in [-0.15, -0.1) is 0 Å². The Morgan fingerprint density at radius 1 is 1.58 bits per heavy atom. The Labute approximate surface area is 115 Å². The first-order valence-corrected chi connectivity index (χ1v) is 6.12. The molecule has 0 saturated carbocycles. The number of carboxylic acid groups (broad SMARTS) is 1. The fourth-order valence-electron chi connectivity index (χ4n) is 1.23. The first-order valence-electron chi connectivity index (χ1n) is 5.75. The van der Waals surface area contributed by atoms with Crippen molar-refractivity contribution < 1.29 is 19.4 Å². The van der Waals surface area contributed by atoms with Crippen molar-refractivity contribution in [2.45, 2.75) is 13.8 Å². The Hall–Kier alpha value is -1.82. The minimum atomic E-state index is -0.969. The quantitative estimate of drug-likeness (QED) is 0.829. The normalized spacial score (nSPS) is 11.7. The number of rotatable bonds is 6.